The maximum Gasteiger partial charge on any atom is 0.193 e. The van der Waals surface area contributed by atoms with Crippen LogP contribution in [0.3, 0.4) is 0 Å². The number of benzene rings is 1. The Morgan fingerprint density at radius 1 is 1.23 bits per heavy atom. The zero-order valence-electron chi connectivity index (χ0n) is 18.8. The molecule has 2 saturated heterocycles. The molecule has 7 nitrogen and oxygen atoms in total. The van der Waals surface area contributed by atoms with Crippen LogP contribution < -0.4 is 5.32 Å². The van der Waals surface area contributed by atoms with Crippen molar-refractivity contribution in [3.05, 3.63) is 30.6 Å². The molecule has 2 fully saturated rings. The molecular formula is C24H37N5O2. The molecule has 1 aromatic carbocycles. The van der Waals surface area contributed by atoms with E-state index in [2.05, 4.69) is 44.9 Å². The van der Waals surface area contributed by atoms with Crippen LogP contribution in [0.25, 0.3) is 11.0 Å². The molecule has 0 aliphatic carbocycles. The normalized spacial score (nSPS) is 21.0. The van der Waals surface area contributed by atoms with Gasteiger partial charge in [0.2, 0.25) is 0 Å². The number of nitrogens with one attached hydrogen (secondary N) is 1. The van der Waals surface area contributed by atoms with E-state index >= 15 is 0 Å². The Kier molecular flexibility index (Phi) is 8.18. The smallest absolute Gasteiger partial charge is 0.193 e. The number of aliphatic imine (C=N–C) groups is 1. The lowest BCUT2D eigenvalue weighted by molar-refractivity contribution is -0.0721. The summed E-state index contributed by atoms with van der Waals surface area (Å²) >= 11 is 0. The van der Waals surface area contributed by atoms with Crippen molar-refractivity contribution < 1.29 is 9.47 Å². The average molecular weight is 428 g/mol. The van der Waals surface area contributed by atoms with Crippen molar-refractivity contribution >= 4 is 17.0 Å². The minimum Gasteiger partial charge on any atom is -0.376 e. The van der Waals surface area contributed by atoms with Crippen LogP contribution in [0.5, 0.6) is 0 Å². The molecule has 0 bridgehead atoms. The summed E-state index contributed by atoms with van der Waals surface area (Å²) in [6.45, 7) is 8.40. The monoisotopic (exact) mass is 427 g/mol. The average Bonchev–Trinajstić information content (AvgIpc) is 3.24. The Balaban J connectivity index is 1.21. The van der Waals surface area contributed by atoms with E-state index in [1.165, 1.54) is 18.4 Å². The molecule has 2 aliphatic heterocycles. The number of hydrogen-bond acceptors (Lipinski definition) is 4. The molecule has 1 unspecified atom stereocenters. The first-order chi connectivity index (χ1) is 15.3. The molecule has 1 atom stereocenters. The first kappa shape index (κ1) is 22.1. The Morgan fingerprint density at radius 3 is 2.90 bits per heavy atom. The summed E-state index contributed by atoms with van der Waals surface area (Å²) < 4.78 is 14.2. The number of fused-ring (bicyclic) bond motifs is 1. The molecule has 31 heavy (non-hydrogen) atoms. The number of piperidine rings is 1. The molecule has 2 aliphatic rings. The minimum atomic E-state index is 0.304. The summed E-state index contributed by atoms with van der Waals surface area (Å²) in [5, 5.41) is 3.47. The van der Waals surface area contributed by atoms with Gasteiger partial charge in [0, 0.05) is 39.3 Å². The first-order valence-electron chi connectivity index (χ1n) is 12.0. The third kappa shape index (κ3) is 6.20. The van der Waals surface area contributed by atoms with Crippen LogP contribution in [-0.4, -0.2) is 72.0 Å². The van der Waals surface area contributed by atoms with E-state index in [4.69, 9.17) is 14.5 Å². The number of ether oxygens (including phenoxy) is 2. The van der Waals surface area contributed by atoms with Crippen molar-refractivity contribution in [3.8, 4) is 0 Å². The van der Waals surface area contributed by atoms with Crippen LogP contribution >= 0.6 is 0 Å². The van der Waals surface area contributed by atoms with Gasteiger partial charge in [0.05, 0.1) is 36.2 Å². The third-order valence-corrected chi connectivity index (χ3v) is 6.21. The van der Waals surface area contributed by atoms with Crippen molar-refractivity contribution in [2.45, 2.75) is 64.2 Å². The van der Waals surface area contributed by atoms with Crippen molar-refractivity contribution in [1.29, 1.82) is 0 Å². The Hall–Kier alpha value is -2.12. The van der Waals surface area contributed by atoms with Gasteiger partial charge in [0.15, 0.2) is 5.96 Å². The van der Waals surface area contributed by atoms with E-state index in [0.29, 0.717) is 12.2 Å². The van der Waals surface area contributed by atoms with Crippen molar-refractivity contribution in [2.75, 3.05) is 39.4 Å². The molecule has 1 N–H and O–H groups in total. The number of nitrogens with zero attached hydrogens (tertiary/aromatic N) is 4. The first-order valence-corrected chi connectivity index (χ1v) is 12.0. The third-order valence-electron chi connectivity index (χ3n) is 6.21. The van der Waals surface area contributed by atoms with Crippen molar-refractivity contribution in [2.24, 2.45) is 4.99 Å². The van der Waals surface area contributed by atoms with Crippen LogP contribution in [-0.2, 0) is 16.0 Å². The molecule has 170 valence electrons. The molecular weight excluding hydrogens is 390 g/mol. The Morgan fingerprint density at radius 2 is 2.10 bits per heavy atom. The molecule has 3 heterocycles. The second-order valence-electron chi connectivity index (χ2n) is 8.52. The van der Waals surface area contributed by atoms with Crippen LogP contribution in [0.1, 0.15) is 45.4 Å². The van der Waals surface area contributed by atoms with E-state index in [9.17, 15) is 0 Å². The van der Waals surface area contributed by atoms with Gasteiger partial charge in [-0.3, -0.25) is 4.99 Å². The van der Waals surface area contributed by atoms with E-state index in [1.54, 1.807) is 0 Å². The summed E-state index contributed by atoms with van der Waals surface area (Å²) in [6, 6.07) is 8.28. The fourth-order valence-corrected chi connectivity index (χ4v) is 4.46. The summed E-state index contributed by atoms with van der Waals surface area (Å²) in [5.41, 5.74) is 2.25. The standard InChI is InChI=1S/C24H37N5O2/c1-2-25-24(26-13-7-14-29-19-27-22-9-3-4-10-23(22)29)28-15-11-20(12-16-28)31-18-21-8-5-6-17-30-21/h3-4,9-10,19-21H,2,5-8,11-18H2,1H3,(H,25,26). The number of likely N-dealkylation sites (tertiary alicyclic amines) is 1. The summed E-state index contributed by atoms with van der Waals surface area (Å²) in [4.78, 5) is 11.8. The lowest BCUT2D eigenvalue weighted by Crippen LogP contribution is -2.47. The topological polar surface area (TPSA) is 63.9 Å². The van der Waals surface area contributed by atoms with E-state index in [0.717, 1.165) is 83.1 Å². The minimum absolute atomic E-state index is 0.304. The van der Waals surface area contributed by atoms with Gasteiger partial charge in [0.1, 0.15) is 0 Å². The summed E-state index contributed by atoms with van der Waals surface area (Å²) in [7, 11) is 0. The van der Waals surface area contributed by atoms with Crippen LogP contribution in [0.2, 0.25) is 0 Å². The molecule has 0 radical (unpaired) electrons. The molecule has 0 saturated carbocycles. The van der Waals surface area contributed by atoms with Crippen LogP contribution in [0.4, 0.5) is 0 Å². The molecule has 0 amide bonds. The van der Waals surface area contributed by atoms with Gasteiger partial charge in [0.25, 0.3) is 0 Å². The zero-order chi connectivity index (χ0) is 21.3. The van der Waals surface area contributed by atoms with Crippen molar-refractivity contribution in [3.63, 3.8) is 0 Å². The van der Waals surface area contributed by atoms with Crippen LogP contribution in [0, 0.1) is 0 Å². The number of guanidine groups is 1. The van der Waals surface area contributed by atoms with Gasteiger partial charge in [-0.05, 0) is 57.6 Å². The number of rotatable bonds is 8. The van der Waals surface area contributed by atoms with Gasteiger partial charge >= 0.3 is 0 Å². The van der Waals surface area contributed by atoms with Gasteiger partial charge in [-0.15, -0.1) is 0 Å². The van der Waals surface area contributed by atoms with E-state index in [1.807, 2.05) is 12.4 Å². The quantitative estimate of drug-likeness (QED) is 0.397. The zero-order valence-corrected chi connectivity index (χ0v) is 18.8. The van der Waals surface area contributed by atoms with Gasteiger partial charge < -0.3 is 24.3 Å². The molecule has 7 heteroatoms. The van der Waals surface area contributed by atoms with Gasteiger partial charge in [-0.25, -0.2) is 4.98 Å². The highest BCUT2D eigenvalue weighted by atomic mass is 16.5. The highest BCUT2D eigenvalue weighted by Crippen LogP contribution is 2.18. The number of aromatic nitrogens is 2. The maximum absolute atomic E-state index is 6.16. The number of hydrogen-bond donors (Lipinski definition) is 1. The van der Waals surface area contributed by atoms with Crippen LogP contribution in [0.15, 0.2) is 35.6 Å². The molecule has 0 spiro atoms. The fraction of sp³-hybridized carbons (Fsp3) is 0.667. The SMILES string of the molecule is CCNC(=NCCCn1cnc2ccccc21)N1CCC(OCC2CCCCO2)CC1. The molecule has 4 rings (SSSR count). The summed E-state index contributed by atoms with van der Waals surface area (Å²) in [5.74, 6) is 1.03. The molecule has 2 aromatic rings. The lowest BCUT2D eigenvalue weighted by atomic mass is 10.1. The lowest BCUT2D eigenvalue weighted by Gasteiger charge is -2.35. The highest BCUT2D eigenvalue weighted by Gasteiger charge is 2.23. The van der Waals surface area contributed by atoms with E-state index < -0.39 is 0 Å². The van der Waals surface area contributed by atoms with E-state index in [-0.39, 0.29) is 0 Å². The number of imidazole rings is 1. The summed E-state index contributed by atoms with van der Waals surface area (Å²) in [6.07, 6.45) is 9.30. The second-order valence-corrected chi connectivity index (χ2v) is 8.52. The fourth-order valence-electron chi connectivity index (χ4n) is 4.46. The predicted molar refractivity (Wildman–Crippen MR) is 124 cm³/mol. The Bertz CT molecular complexity index is 822. The Labute approximate surface area is 185 Å². The number of para-hydroxylation sites is 2. The second kappa shape index (κ2) is 11.5. The number of aryl methyl sites for hydroxylation is 1. The van der Waals surface area contributed by atoms with Gasteiger partial charge in [-0.2, -0.15) is 0 Å². The van der Waals surface area contributed by atoms with Crippen molar-refractivity contribution in [1.82, 2.24) is 19.8 Å². The molecule has 1 aromatic heterocycles. The predicted octanol–water partition coefficient (Wildman–Crippen LogP) is 3.44. The largest absolute Gasteiger partial charge is 0.376 e. The highest BCUT2D eigenvalue weighted by molar-refractivity contribution is 5.80. The van der Waals surface area contributed by atoms with Gasteiger partial charge in [-0.1, -0.05) is 12.1 Å². The maximum atomic E-state index is 6.16.